The molecular formula is C26H37N9O2S. The number of anilines is 2. The zero-order valence-corrected chi connectivity index (χ0v) is 23.1. The maximum atomic E-state index is 11.7. The molecule has 6 rings (SSSR count). The Balaban J connectivity index is 1.43. The van der Waals surface area contributed by atoms with Crippen LogP contribution in [0.1, 0.15) is 75.7 Å². The first kappa shape index (κ1) is 25.3. The standard InChI is InChI=1S/C26H37N9O2S/c1-15-7-9-17(10-8-15)12-35-20-21(28-16(2)18-5-4-6-18)29-23(24-32-26(36)37-33-24)30-22(20)31-25(35)34(3)13-19-11-27-14-38-19/h11,14-18,24,33H,4-10,12-13H2,1-3H3,(H,32,36)(H,28,29,30)/t15?,16-,17?,24?/m1/s1. The van der Waals surface area contributed by atoms with Gasteiger partial charge in [-0.25, -0.2) is 14.8 Å². The van der Waals surface area contributed by atoms with Crippen LogP contribution in [0.3, 0.4) is 0 Å². The van der Waals surface area contributed by atoms with Crippen LogP contribution in [0.15, 0.2) is 11.7 Å². The fourth-order valence-corrected chi connectivity index (χ4v) is 6.46. The minimum absolute atomic E-state index is 0.273. The van der Waals surface area contributed by atoms with Gasteiger partial charge in [0.05, 0.1) is 12.1 Å². The molecule has 0 bridgehead atoms. The molecule has 3 fully saturated rings. The van der Waals surface area contributed by atoms with Gasteiger partial charge in [-0.2, -0.15) is 4.98 Å². The second-order valence-corrected chi connectivity index (χ2v) is 12.3. The second-order valence-electron chi connectivity index (χ2n) is 11.3. The molecule has 3 aromatic heterocycles. The van der Waals surface area contributed by atoms with Crippen molar-refractivity contribution in [2.45, 2.75) is 84.1 Å². The number of nitrogens with one attached hydrogen (secondary N) is 3. The van der Waals surface area contributed by atoms with Crippen molar-refractivity contribution < 1.29 is 9.63 Å². The molecule has 12 heteroatoms. The van der Waals surface area contributed by atoms with Crippen LogP contribution in [0.5, 0.6) is 0 Å². The summed E-state index contributed by atoms with van der Waals surface area (Å²) in [5.41, 5.74) is 6.10. The van der Waals surface area contributed by atoms with Gasteiger partial charge in [-0.15, -0.1) is 16.8 Å². The lowest BCUT2D eigenvalue weighted by molar-refractivity contribution is 0.120. The number of hydroxylamine groups is 1. The summed E-state index contributed by atoms with van der Waals surface area (Å²) >= 11 is 1.65. The highest BCUT2D eigenvalue weighted by molar-refractivity contribution is 7.09. The largest absolute Gasteiger partial charge is 0.427 e. The predicted molar refractivity (Wildman–Crippen MR) is 147 cm³/mol. The first-order chi connectivity index (χ1) is 18.4. The molecule has 2 aliphatic carbocycles. The third-order valence-corrected chi connectivity index (χ3v) is 9.17. The monoisotopic (exact) mass is 539 g/mol. The molecule has 2 saturated carbocycles. The van der Waals surface area contributed by atoms with Crippen LogP contribution in [0.25, 0.3) is 11.2 Å². The number of amides is 1. The van der Waals surface area contributed by atoms with Crippen molar-refractivity contribution >= 4 is 40.4 Å². The highest BCUT2D eigenvalue weighted by Crippen LogP contribution is 2.36. The van der Waals surface area contributed by atoms with Gasteiger partial charge >= 0.3 is 6.09 Å². The average molecular weight is 540 g/mol. The molecule has 0 spiro atoms. The summed E-state index contributed by atoms with van der Waals surface area (Å²) in [5.74, 6) is 4.07. The lowest BCUT2D eigenvalue weighted by atomic mass is 9.80. The van der Waals surface area contributed by atoms with Gasteiger partial charge in [0.1, 0.15) is 5.52 Å². The van der Waals surface area contributed by atoms with E-state index >= 15 is 0 Å². The van der Waals surface area contributed by atoms with Crippen molar-refractivity contribution in [3.63, 3.8) is 0 Å². The molecule has 0 aromatic carbocycles. The van der Waals surface area contributed by atoms with Gasteiger partial charge in [-0.1, -0.05) is 26.2 Å². The molecule has 204 valence electrons. The van der Waals surface area contributed by atoms with Crippen molar-refractivity contribution in [3.8, 4) is 0 Å². The SMILES string of the molecule is CC1CCC(Cn2c(N(C)Cc3cncs3)nc3nc(C4NOC(=O)N4)nc(N[C@H](C)C4CCC4)c32)CC1. The highest BCUT2D eigenvalue weighted by Gasteiger charge is 2.32. The third kappa shape index (κ3) is 5.15. The van der Waals surface area contributed by atoms with Crippen LogP contribution in [0, 0.1) is 17.8 Å². The number of aromatic nitrogens is 5. The summed E-state index contributed by atoms with van der Waals surface area (Å²) < 4.78 is 2.33. The lowest BCUT2D eigenvalue weighted by Gasteiger charge is -2.32. The summed E-state index contributed by atoms with van der Waals surface area (Å²) in [6.45, 7) is 6.18. The van der Waals surface area contributed by atoms with Crippen molar-refractivity contribution in [1.82, 2.24) is 35.3 Å². The van der Waals surface area contributed by atoms with Crippen molar-refractivity contribution in [3.05, 3.63) is 22.4 Å². The van der Waals surface area contributed by atoms with Crippen molar-refractivity contribution in [2.24, 2.45) is 17.8 Å². The smallest absolute Gasteiger partial charge is 0.365 e. The molecule has 2 atom stereocenters. The van der Waals surface area contributed by atoms with Gasteiger partial charge in [0.2, 0.25) is 5.95 Å². The molecule has 3 aromatic rings. The third-order valence-electron chi connectivity index (χ3n) is 8.41. The van der Waals surface area contributed by atoms with E-state index in [1.807, 2.05) is 11.7 Å². The van der Waals surface area contributed by atoms with Gasteiger partial charge < -0.3 is 19.6 Å². The van der Waals surface area contributed by atoms with E-state index in [-0.39, 0.29) is 6.04 Å². The zero-order valence-electron chi connectivity index (χ0n) is 22.3. The predicted octanol–water partition coefficient (Wildman–Crippen LogP) is 4.59. The van der Waals surface area contributed by atoms with Crippen molar-refractivity contribution in [1.29, 1.82) is 0 Å². The summed E-state index contributed by atoms with van der Waals surface area (Å²) in [7, 11) is 2.07. The van der Waals surface area contributed by atoms with Crippen LogP contribution >= 0.6 is 11.3 Å². The molecule has 1 saturated heterocycles. The summed E-state index contributed by atoms with van der Waals surface area (Å²) in [4.78, 5) is 39.1. The van der Waals surface area contributed by atoms with E-state index in [1.54, 1.807) is 11.3 Å². The Morgan fingerprint density at radius 3 is 2.68 bits per heavy atom. The van der Waals surface area contributed by atoms with Crippen LogP contribution in [-0.2, 0) is 17.9 Å². The second kappa shape index (κ2) is 10.6. The number of imidazole rings is 1. The van der Waals surface area contributed by atoms with Gasteiger partial charge in [0.25, 0.3) is 0 Å². The number of rotatable bonds is 9. The summed E-state index contributed by atoms with van der Waals surface area (Å²) in [6.07, 6.45) is 9.44. The average Bonchev–Trinajstić information content (AvgIpc) is 3.60. The molecule has 4 heterocycles. The van der Waals surface area contributed by atoms with Crippen LogP contribution in [0.4, 0.5) is 16.6 Å². The summed E-state index contributed by atoms with van der Waals surface area (Å²) in [6, 6.07) is 0.273. The molecule has 0 radical (unpaired) electrons. The van der Waals surface area contributed by atoms with Gasteiger partial charge in [0.15, 0.2) is 23.5 Å². The molecule has 11 nitrogen and oxygen atoms in total. The molecule has 1 amide bonds. The van der Waals surface area contributed by atoms with E-state index in [0.29, 0.717) is 29.9 Å². The molecular weight excluding hydrogens is 502 g/mol. The number of fused-ring (bicyclic) bond motifs is 1. The number of carbonyl (C=O) groups excluding carboxylic acids is 1. The first-order valence-corrected chi connectivity index (χ1v) is 14.7. The first-order valence-electron chi connectivity index (χ1n) is 13.8. The normalized spacial score (nSPS) is 24.6. The Morgan fingerprint density at radius 2 is 2.03 bits per heavy atom. The molecule has 1 unspecified atom stereocenters. The van der Waals surface area contributed by atoms with Gasteiger partial charge in [-0.05, 0) is 50.4 Å². The highest BCUT2D eigenvalue weighted by atomic mass is 32.1. The number of thiazole rings is 1. The maximum absolute atomic E-state index is 11.7. The van der Waals surface area contributed by atoms with Gasteiger partial charge in [-0.3, -0.25) is 10.3 Å². The summed E-state index contributed by atoms with van der Waals surface area (Å²) in [5, 5.41) is 6.45. The number of nitrogens with zero attached hydrogens (tertiary/aromatic N) is 6. The quantitative estimate of drug-likeness (QED) is 0.358. The number of hydrogen-bond donors (Lipinski definition) is 3. The lowest BCUT2D eigenvalue weighted by Crippen LogP contribution is -2.32. The van der Waals surface area contributed by atoms with E-state index in [4.69, 9.17) is 19.8 Å². The van der Waals surface area contributed by atoms with Crippen LogP contribution in [0.2, 0.25) is 0 Å². The Labute approximate surface area is 226 Å². The minimum Gasteiger partial charge on any atom is -0.365 e. The van der Waals surface area contributed by atoms with E-state index in [1.165, 1.54) is 49.8 Å². The zero-order chi connectivity index (χ0) is 26.2. The van der Waals surface area contributed by atoms with E-state index in [2.05, 4.69) is 51.5 Å². The Hall–Kier alpha value is -2.99. The van der Waals surface area contributed by atoms with E-state index in [9.17, 15) is 4.79 Å². The number of hydrogen-bond acceptors (Lipinski definition) is 10. The maximum Gasteiger partial charge on any atom is 0.427 e. The Morgan fingerprint density at radius 1 is 1.21 bits per heavy atom. The Kier molecular flexibility index (Phi) is 7.08. The molecule has 38 heavy (non-hydrogen) atoms. The van der Waals surface area contributed by atoms with Crippen molar-refractivity contribution in [2.75, 3.05) is 17.3 Å². The topological polar surface area (TPSA) is 122 Å². The minimum atomic E-state index is -0.630. The fraction of sp³-hybridized carbons (Fsp3) is 0.654. The Bertz CT molecular complexity index is 1270. The fourth-order valence-electron chi connectivity index (χ4n) is 5.81. The molecule has 3 N–H and O–H groups in total. The van der Waals surface area contributed by atoms with Gasteiger partial charge in [0, 0.05) is 30.7 Å². The number of carbonyl (C=O) groups is 1. The molecule has 1 aliphatic heterocycles. The van der Waals surface area contributed by atoms with E-state index in [0.717, 1.165) is 29.7 Å². The van der Waals surface area contributed by atoms with E-state index < -0.39 is 12.3 Å². The van der Waals surface area contributed by atoms with Crippen LogP contribution in [-0.4, -0.2) is 43.7 Å². The molecule has 3 aliphatic rings. The van der Waals surface area contributed by atoms with Crippen LogP contribution < -0.4 is 21.0 Å².